The van der Waals surface area contributed by atoms with Gasteiger partial charge in [0.05, 0.1) is 11.1 Å². The van der Waals surface area contributed by atoms with Crippen molar-refractivity contribution < 1.29 is 23.9 Å². The third-order valence-electron chi connectivity index (χ3n) is 5.05. The second-order valence-corrected chi connectivity index (χ2v) is 6.26. The number of amides is 3. The van der Waals surface area contributed by atoms with Crippen LogP contribution in [-0.2, 0) is 14.3 Å². The Bertz CT molecular complexity index is 653. The quantitative estimate of drug-likeness (QED) is 0.593. The Labute approximate surface area is 146 Å². The number of hydrogen-bond donors (Lipinski definition) is 0. The Morgan fingerprint density at radius 2 is 1.56 bits per heavy atom. The molecule has 0 saturated carbocycles. The molecule has 0 unspecified atom stereocenters. The molecule has 1 saturated heterocycles. The molecule has 0 spiro atoms. The van der Waals surface area contributed by atoms with E-state index in [1.54, 1.807) is 43.4 Å². The first kappa shape index (κ1) is 17.6. The largest absolute Gasteiger partial charge is 0.353 e. The fourth-order valence-electron chi connectivity index (χ4n) is 3.40. The van der Waals surface area contributed by atoms with Gasteiger partial charge in [0.1, 0.15) is 0 Å². The number of likely N-dealkylation sites (tertiary alicyclic amines) is 1. The minimum absolute atomic E-state index is 0.0719. The molecule has 1 fully saturated rings. The van der Waals surface area contributed by atoms with Crippen LogP contribution in [-0.4, -0.2) is 67.2 Å². The Morgan fingerprint density at radius 1 is 1.04 bits per heavy atom. The summed E-state index contributed by atoms with van der Waals surface area (Å²) in [5.74, 6) is -1.36. The van der Waals surface area contributed by atoms with Gasteiger partial charge < -0.3 is 14.4 Å². The van der Waals surface area contributed by atoms with Crippen molar-refractivity contribution in [2.24, 2.45) is 0 Å². The number of nitrogens with zero attached hydrogens (tertiary/aromatic N) is 2. The highest BCUT2D eigenvalue weighted by Crippen LogP contribution is 2.27. The van der Waals surface area contributed by atoms with Gasteiger partial charge in [0.15, 0.2) is 5.79 Å². The molecule has 7 heteroatoms. The first-order chi connectivity index (χ1) is 12.0. The van der Waals surface area contributed by atoms with Crippen molar-refractivity contribution in [1.29, 1.82) is 0 Å². The summed E-state index contributed by atoms with van der Waals surface area (Å²) in [6.07, 6.45) is 1.32. The Morgan fingerprint density at radius 3 is 2.04 bits per heavy atom. The normalized spacial score (nSPS) is 19.3. The van der Waals surface area contributed by atoms with E-state index in [2.05, 4.69) is 0 Å². The third-order valence-corrected chi connectivity index (χ3v) is 5.05. The predicted molar refractivity (Wildman–Crippen MR) is 89.0 cm³/mol. The molecule has 7 nitrogen and oxygen atoms in total. The maximum absolute atomic E-state index is 12.4. The van der Waals surface area contributed by atoms with E-state index in [1.807, 2.05) is 0 Å². The summed E-state index contributed by atoms with van der Waals surface area (Å²) in [5, 5.41) is 0. The molecule has 134 valence electrons. The van der Waals surface area contributed by atoms with E-state index in [0.717, 1.165) is 4.90 Å². The molecule has 2 heterocycles. The van der Waals surface area contributed by atoms with Crippen molar-refractivity contribution >= 4 is 17.7 Å². The van der Waals surface area contributed by atoms with Crippen LogP contribution in [0.2, 0.25) is 0 Å². The highest BCUT2D eigenvalue weighted by molar-refractivity contribution is 6.21. The number of imide groups is 1. The molecule has 2 aliphatic rings. The van der Waals surface area contributed by atoms with Gasteiger partial charge in [-0.3, -0.25) is 19.3 Å². The van der Waals surface area contributed by atoms with Gasteiger partial charge in [-0.1, -0.05) is 12.1 Å². The van der Waals surface area contributed by atoms with Crippen molar-refractivity contribution in [3.8, 4) is 0 Å². The zero-order valence-corrected chi connectivity index (χ0v) is 14.5. The van der Waals surface area contributed by atoms with Crippen LogP contribution in [0.3, 0.4) is 0 Å². The van der Waals surface area contributed by atoms with Gasteiger partial charge in [0.25, 0.3) is 11.8 Å². The molecule has 3 rings (SSSR count). The van der Waals surface area contributed by atoms with Crippen molar-refractivity contribution in [2.45, 2.75) is 25.0 Å². The van der Waals surface area contributed by atoms with Crippen LogP contribution in [0, 0.1) is 0 Å². The Balaban J connectivity index is 1.56. The summed E-state index contributed by atoms with van der Waals surface area (Å²) in [7, 11) is 3.20. The van der Waals surface area contributed by atoms with E-state index < -0.39 is 5.79 Å². The zero-order valence-electron chi connectivity index (χ0n) is 14.5. The first-order valence-electron chi connectivity index (χ1n) is 8.34. The minimum atomic E-state index is -0.626. The number of carbonyl (C=O) groups is 3. The molecule has 0 N–H and O–H groups in total. The molecule has 1 aromatic rings. The van der Waals surface area contributed by atoms with E-state index in [9.17, 15) is 14.4 Å². The fraction of sp³-hybridized carbons (Fsp3) is 0.500. The second kappa shape index (κ2) is 6.93. The number of benzene rings is 1. The number of hydrogen-bond acceptors (Lipinski definition) is 5. The van der Waals surface area contributed by atoms with Gasteiger partial charge >= 0.3 is 0 Å². The molecular weight excluding hydrogens is 324 g/mol. The molecule has 2 aliphatic heterocycles. The molecule has 1 aromatic carbocycles. The number of piperidine rings is 1. The van der Waals surface area contributed by atoms with E-state index >= 15 is 0 Å². The van der Waals surface area contributed by atoms with E-state index in [4.69, 9.17) is 9.47 Å². The lowest BCUT2D eigenvalue weighted by Gasteiger charge is -2.39. The smallest absolute Gasteiger partial charge is 0.261 e. The van der Waals surface area contributed by atoms with Crippen LogP contribution < -0.4 is 0 Å². The van der Waals surface area contributed by atoms with Crippen LogP contribution in [0.25, 0.3) is 0 Å². The zero-order chi connectivity index (χ0) is 18.0. The summed E-state index contributed by atoms with van der Waals surface area (Å²) in [5.41, 5.74) is 0.811. The Kier molecular flexibility index (Phi) is 4.87. The van der Waals surface area contributed by atoms with Gasteiger partial charge in [0.2, 0.25) is 5.91 Å². The third kappa shape index (κ3) is 3.17. The van der Waals surface area contributed by atoms with Crippen molar-refractivity contribution in [1.82, 2.24) is 9.80 Å². The maximum atomic E-state index is 12.4. The van der Waals surface area contributed by atoms with Gasteiger partial charge in [-0.25, -0.2) is 0 Å². The summed E-state index contributed by atoms with van der Waals surface area (Å²) in [6, 6.07) is 6.72. The first-order valence-corrected chi connectivity index (χ1v) is 8.34. The molecule has 0 aromatic heterocycles. The molecule has 0 aliphatic carbocycles. The molecule has 0 radical (unpaired) electrons. The second-order valence-electron chi connectivity index (χ2n) is 6.26. The van der Waals surface area contributed by atoms with E-state index in [-0.39, 0.29) is 30.7 Å². The number of rotatable bonds is 5. The highest BCUT2D eigenvalue weighted by Gasteiger charge is 2.37. The van der Waals surface area contributed by atoms with Crippen molar-refractivity contribution in [2.75, 3.05) is 33.9 Å². The highest BCUT2D eigenvalue weighted by atomic mass is 16.7. The number of ether oxygens (including phenoxy) is 2. The standard InChI is InChI=1S/C18H22N2O5/c1-24-18(25-2)8-11-19(12-9-18)15(21)7-10-20-16(22)13-5-3-4-6-14(13)17(20)23/h3-6H,7-12H2,1-2H3. The molecule has 0 bridgehead atoms. The lowest BCUT2D eigenvalue weighted by atomic mass is 10.0. The monoisotopic (exact) mass is 346 g/mol. The molecule has 0 atom stereocenters. The maximum Gasteiger partial charge on any atom is 0.261 e. The average Bonchev–Trinajstić information content (AvgIpc) is 2.91. The van der Waals surface area contributed by atoms with Crippen LogP contribution in [0.1, 0.15) is 40.0 Å². The van der Waals surface area contributed by atoms with Gasteiger partial charge in [-0.05, 0) is 12.1 Å². The number of carbonyl (C=O) groups excluding carboxylic acids is 3. The summed E-state index contributed by atoms with van der Waals surface area (Å²) in [4.78, 5) is 39.9. The average molecular weight is 346 g/mol. The predicted octanol–water partition coefficient (Wildman–Crippen LogP) is 1.28. The van der Waals surface area contributed by atoms with Crippen LogP contribution in [0.4, 0.5) is 0 Å². The fourth-order valence-corrected chi connectivity index (χ4v) is 3.40. The number of methoxy groups -OCH3 is 2. The number of fused-ring (bicyclic) bond motifs is 1. The van der Waals surface area contributed by atoms with Crippen LogP contribution in [0.15, 0.2) is 24.3 Å². The Hall–Kier alpha value is -2.25. The minimum Gasteiger partial charge on any atom is -0.353 e. The van der Waals surface area contributed by atoms with Gasteiger partial charge in [-0.2, -0.15) is 0 Å². The summed E-state index contributed by atoms with van der Waals surface area (Å²) < 4.78 is 10.8. The molecule has 3 amide bonds. The molecular formula is C18H22N2O5. The van der Waals surface area contributed by atoms with Crippen LogP contribution >= 0.6 is 0 Å². The molecule has 25 heavy (non-hydrogen) atoms. The summed E-state index contributed by atoms with van der Waals surface area (Å²) in [6.45, 7) is 1.16. The van der Waals surface area contributed by atoms with E-state index in [0.29, 0.717) is 37.1 Å². The lowest BCUT2D eigenvalue weighted by molar-refractivity contribution is -0.228. The van der Waals surface area contributed by atoms with E-state index in [1.165, 1.54) is 0 Å². The van der Waals surface area contributed by atoms with Crippen molar-refractivity contribution in [3.63, 3.8) is 0 Å². The SMILES string of the molecule is COC1(OC)CCN(C(=O)CCN2C(=O)c3ccccc3C2=O)CC1. The summed E-state index contributed by atoms with van der Waals surface area (Å²) >= 11 is 0. The van der Waals surface area contributed by atoms with Gasteiger partial charge in [-0.15, -0.1) is 0 Å². The van der Waals surface area contributed by atoms with Crippen molar-refractivity contribution in [3.05, 3.63) is 35.4 Å². The lowest BCUT2D eigenvalue weighted by Crippen LogP contribution is -2.49. The topological polar surface area (TPSA) is 76.2 Å². The van der Waals surface area contributed by atoms with Crippen LogP contribution in [0.5, 0.6) is 0 Å². The van der Waals surface area contributed by atoms with Gasteiger partial charge in [0, 0.05) is 53.1 Å².